The van der Waals surface area contributed by atoms with Gasteiger partial charge in [-0.25, -0.2) is 0 Å². The van der Waals surface area contributed by atoms with Gasteiger partial charge in [0.15, 0.2) is 0 Å². The lowest BCUT2D eigenvalue weighted by atomic mass is 9.94. The van der Waals surface area contributed by atoms with Crippen molar-refractivity contribution in [2.45, 2.75) is 34.6 Å². The Morgan fingerprint density at radius 3 is 2.15 bits per heavy atom. The maximum Gasteiger partial charge on any atom is 0.0671 e. The van der Waals surface area contributed by atoms with E-state index in [1.807, 2.05) is 0 Å². The van der Waals surface area contributed by atoms with Gasteiger partial charge in [0.05, 0.1) is 12.0 Å². The molecule has 0 spiro atoms. The average molecular weight is 182 g/mol. The number of nitrogens with zero attached hydrogens (tertiary/aromatic N) is 1. The number of hydrogen-bond acceptors (Lipinski definition) is 2. The molecule has 13 heavy (non-hydrogen) atoms. The van der Waals surface area contributed by atoms with Crippen LogP contribution in [0.2, 0.25) is 0 Å². The fourth-order valence-corrected chi connectivity index (χ4v) is 1.03. The van der Waals surface area contributed by atoms with Crippen LogP contribution in [0.1, 0.15) is 34.6 Å². The third-order valence-corrected chi connectivity index (χ3v) is 1.99. The van der Waals surface area contributed by atoms with Crippen LogP contribution < -0.4 is 5.32 Å². The molecule has 2 nitrogen and oxygen atoms in total. The highest BCUT2D eigenvalue weighted by Gasteiger charge is 2.14. The van der Waals surface area contributed by atoms with Crippen molar-refractivity contribution in [1.29, 1.82) is 5.26 Å². The molecule has 0 fully saturated rings. The van der Waals surface area contributed by atoms with E-state index in [0.29, 0.717) is 11.3 Å². The summed E-state index contributed by atoms with van der Waals surface area (Å²) in [5, 5.41) is 12.2. The first-order valence-electron chi connectivity index (χ1n) is 4.97. The van der Waals surface area contributed by atoms with E-state index in [4.69, 9.17) is 5.26 Å². The van der Waals surface area contributed by atoms with Gasteiger partial charge >= 0.3 is 0 Å². The van der Waals surface area contributed by atoms with Crippen LogP contribution in [0, 0.1) is 28.6 Å². The topological polar surface area (TPSA) is 35.8 Å². The summed E-state index contributed by atoms with van der Waals surface area (Å²) in [6.07, 6.45) is 0. The Morgan fingerprint density at radius 2 is 1.85 bits per heavy atom. The second kappa shape index (κ2) is 5.24. The predicted octanol–water partition coefficient (Wildman–Crippen LogP) is 2.42. The molecule has 0 aliphatic rings. The molecule has 0 aromatic carbocycles. The first-order chi connectivity index (χ1) is 5.87. The summed E-state index contributed by atoms with van der Waals surface area (Å²) in [5.41, 5.74) is 0.303. The molecule has 76 valence electrons. The zero-order valence-corrected chi connectivity index (χ0v) is 9.52. The van der Waals surface area contributed by atoms with Crippen LogP contribution in [-0.2, 0) is 0 Å². The van der Waals surface area contributed by atoms with Crippen LogP contribution >= 0.6 is 0 Å². The summed E-state index contributed by atoms with van der Waals surface area (Å²) >= 11 is 0. The minimum absolute atomic E-state index is 0.141. The molecule has 0 radical (unpaired) electrons. The lowest BCUT2D eigenvalue weighted by molar-refractivity contribution is 0.352. The van der Waals surface area contributed by atoms with Crippen molar-refractivity contribution in [3.05, 3.63) is 0 Å². The molecular weight excluding hydrogens is 160 g/mol. The molecule has 1 atom stereocenters. The summed E-state index contributed by atoms with van der Waals surface area (Å²) in [7, 11) is 0. The zero-order valence-electron chi connectivity index (χ0n) is 9.52. The van der Waals surface area contributed by atoms with Crippen LogP contribution in [0.25, 0.3) is 0 Å². The monoisotopic (exact) mass is 182 g/mol. The normalized spacial score (nSPS) is 14.2. The van der Waals surface area contributed by atoms with E-state index in [9.17, 15) is 0 Å². The maximum atomic E-state index is 8.84. The van der Waals surface area contributed by atoms with Crippen molar-refractivity contribution < 1.29 is 0 Å². The van der Waals surface area contributed by atoms with Crippen LogP contribution in [0.15, 0.2) is 0 Å². The average Bonchev–Trinajstić information content (AvgIpc) is 1.95. The Morgan fingerprint density at radius 1 is 1.31 bits per heavy atom. The second-order valence-corrected chi connectivity index (χ2v) is 5.17. The number of nitriles is 1. The Bertz CT molecular complexity index is 172. The van der Waals surface area contributed by atoms with Crippen molar-refractivity contribution in [3.8, 4) is 6.07 Å². The van der Waals surface area contributed by atoms with Crippen molar-refractivity contribution >= 4 is 0 Å². The summed E-state index contributed by atoms with van der Waals surface area (Å²) in [6.45, 7) is 12.5. The highest BCUT2D eigenvalue weighted by molar-refractivity contribution is 4.86. The van der Waals surface area contributed by atoms with E-state index in [1.54, 1.807) is 0 Å². The minimum Gasteiger partial charge on any atom is -0.315 e. The molecule has 0 heterocycles. The highest BCUT2D eigenvalue weighted by atomic mass is 14.9. The van der Waals surface area contributed by atoms with Gasteiger partial charge in [-0.2, -0.15) is 5.26 Å². The van der Waals surface area contributed by atoms with Crippen LogP contribution in [-0.4, -0.2) is 13.1 Å². The first kappa shape index (κ1) is 12.4. The van der Waals surface area contributed by atoms with Gasteiger partial charge in [0.25, 0.3) is 0 Å². The van der Waals surface area contributed by atoms with Gasteiger partial charge in [-0.1, -0.05) is 34.6 Å². The second-order valence-electron chi connectivity index (χ2n) is 5.17. The van der Waals surface area contributed by atoms with Crippen LogP contribution in [0.4, 0.5) is 0 Å². The predicted molar refractivity (Wildman–Crippen MR) is 56.3 cm³/mol. The Hall–Kier alpha value is -0.550. The van der Waals surface area contributed by atoms with E-state index >= 15 is 0 Å². The lowest BCUT2D eigenvalue weighted by Gasteiger charge is -2.21. The Balaban J connectivity index is 3.70. The van der Waals surface area contributed by atoms with E-state index in [2.05, 4.69) is 46.0 Å². The van der Waals surface area contributed by atoms with Crippen molar-refractivity contribution in [3.63, 3.8) is 0 Å². The van der Waals surface area contributed by atoms with Crippen molar-refractivity contribution in [1.82, 2.24) is 5.32 Å². The maximum absolute atomic E-state index is 8.84. The molecule has 0 bridgehead atoms. The molecular formula is C11H22N2. The van der Waals surface area contributed by atoms with Gasteiger partial charge in [-0.05, 0) is 11.3 Å². The minimum atomic E-state index is 0.141. The van der Waals surface area contributed by atoms with Gasteiger partial charge in [0, 0.05) is 13.1 Å². The number of rotatable bonds is 4. The van der Waals surface area contributed by atoms with Gasteiger partial charge in [-0.3, -0.25) is 0 Å². The molecule has 0 saturated carbocycles. The number of nitrogens with one attached hydrogen (secondary N) is 1. The van der Waals surface area contributed by atoms with Crippen molar-refractivity contribution in [2.75, 3.05) is 13.1 Å². The molecule has 0 saturated heterocycles. The molecule has 1 unspecified atom stereocenters. The standard InChI is InChI=1S/C11H22N2/c1-9(2)10(6-12)7-13-8-11(3,4)5/h9-10,13H,7-8H2,1-5H3. The van der Waals surface area contributed by atoms with E-state index in [0.717, 1.165) is 13.1 Å². The van der Waals surface area contributed by atoms with E-state index in [-0.39, 0.29) is 5.92 Å². The number of hydrogen-bond donors (Lipinski definition) is 1. The molecule has 0 aromatic heterocycles. The van der Waals surface area contributed by atoms with Gasteiger partial charge in [-0.15, -0.1) is 0 Å². The van der Waals surface area contributed by atoms with Gasteiger partial charge in [0.1, 0.15) is 0 Å². The molecule has 0 rings (SSSR count). The third kappa shape index (κ3) is 6.60. The summed E-state index contributed by atoms with van der Waals surface area (Å²) in [4.78, 5) is 0. The molecule has 0 amide bonds. The van der Waals surface area contributed by atoms with Crippen LogP contribution in [0.5, 0.6) is 0 Å². The van der Waals surface area contributed by atoms with Crippen LogP contribution in [0.3, 0.4) is 0 Å². The SMILES string of the molecule is CC(C)C(C#N)CNCC(C)(C)C. The van der Waals surface area contributed by atoms with Crippen molar-refractivity contribution in [2.24, 2.45) is 17.3 Å². The summed E-state index contributed by atoms with van der Waals surface area (Å²) in [6, 6.07) is 2.33. The largest absolute Gasteiger partial charge is 0.315 e. The molecule has 0 aliphatic carbocycles. The molecule has 0 aliphatic heterocycles. The summed E-state index contributed by atoms with van der Waals surface area (Å²) < 4.78 is 0. The van der Waals surface area contributed by atoms with Gasteiger partial charge in [0.2, 0.25) is 0 Å². The zero-order chi connectivity index (χ0) is 10.5. The highest BCUT2D eigenvalue weighted by Crippen LogP contribution is 2.12. The van der Waals surface area contributed by atoms with Gasteiger partial charge < -0.3 is 5.32 Å². The quantitative estimate of drug-likeness (QED) is 0.724. The molecule has 2 heteroatoms. The fraction of sp³-hybridized carbons (Fsp3) is 0.909. The first-order valence-corrected chi connectivity index (χ1v) is 4.97. The molecule has 0 aromatic rings. The third-order valence-electron chi connectivity index (χ3n) is 1.99. The smallest absolute Gasteiger partial charge is 0.0671 e. The Kier molecular flexibility index (Phi) is 5.02. The fourth-order valence-electron chi connectivity index (χ4n) is 1.03. The summed E-state index contributed by atoms with van der Waals surface area (Å²) in [5.74, 6) is 0.583. The van der Waals surface area contributed by atoms with E-state index < -0.39 is 0 Å². The molecule has 1 N–H and O–H groups in total. The van der Waals surface area contributed by atoms with E-state index in [1.165, 1.54) is 0 Å². The Labute approximate surface area is 82.3 Å². The lowest BCUT2D eigenvalue weighted by Crippen LogP contribution is -2.32.